The molecule has 0 saturated heterocycles. The van der Waals surface area contributed by atoms with Crippen molar-refractivity contribution in [3.05, 3.63) is 51.2 Å². The third-order valence-corrected chi connectivity index (χ3v) is 2.43. The second-order valence-electron chi connectivity index (χ2n) is 3.10. The van der Waals surface area contributed by atoms with Gasteiger partial charge in [0.2, 0.25) is 6.54 Å². The van der Waals surface area contributed by atoms with Gasteiger partial charge in [-0.15, -0.1) is 0 Å². The summed E-state index contributed by atoms with van der Waals surface area (Å²) in [6, 6.07) is 6.85. The normalized spacial score (nSPS) is 10.5. The summed E-state index contributed by atoms with van der Waals surface area (Å²) in [5.74, 6) is 0. The van der Waals surface area contributed by atoms with E-state index in [2.05, 4.69) is 4.98 Å². The first-order valence-corrected chi connectivity index (χ1v) is 4.70. The van der Waals surface area contributed by atoms with E-state index < -0.39 is 0 Å². The maximum atomic E-state index is 10.4. The summed E-state index contributed by atoms with van der Waals surface area (Å²) in [7, 11) is 0. The molecule has 0 bridgehead atoms. The molecule has 1 aromatic carbocycles. The van der Waals surface area contributed by atoms with Gasteiger partial charge in [0.05, 0.1) is 5.52 Å². The highest BCUT2D eigenvalue weighted by Crippen LogP contribution is 2.24. The molecule has 0 aliphatic carbocycles. The number of nitrogens with zero attached hydrogens (tertiary/aromatic N) is 2. The van der Waals surface area contributed by atoms with E-state index in [1.54, 1.807) is 30.5 Å². The van der Waals surface area contributed by atoms with Crippen molar-refractivity contribution in [1.29, 1.82) is 0 Å². The zero-order valence-electron chi connectivity index (χ0n) is 7.68. The molecular formula is C10H7ClN2O2. The van der Waals surface area contributed by atoms with E-state index in [0.29, 0.717) is 16.1 Å². The Morgan fingerprint density at radius 1 is 1.40 bits per heavy atom. The predicted octanol–water partition coefficient (Wildman–Crippen LogP) is 2.66. The Labute approximate surface area is 90.7 Å². The molecule has 4 nitrogen and oxygen atoms in total. The molecule has 0 N–H and O–H groups in total. The summed E-state index contributed by atoms with van der Waals surface area (Å²) in [5, 5.41) is 11.8. The Morgan fingerprint density at radius 3 is 2.93 bits per heavy atom. The smallest absolute Gasteiger partial charge is 0.231 e. The van der Waals surface area contributed by atoms with Crippen LogP contribution in [0.15, 0.2) is 30.5 Å². The molecular weight excluding hydrogens is 216 g/mol. The van der Waals surface area contributed by atoms with Gasteiger partial charge < -0.3 is 0 Å². The minimum atomic E-state index is -0.378. The molecule has 0 unspecified atom stereocenters. The fourth-order valence-electron chi connectivity index (χ4n) is 1.46. The van der Waals surface area contributed by atoms with Gasteiger partial charge in [-0.05, 0) is 24.3 Å². The van der Waals surface area contributed by atoms with Crippen LogP contribution in [0, 0.1) is 10.1 Å². The minimum Gasteiger partial charge on any atom is -0.264 e. The van der Waals surface area contributed by atoms with Crippen LogP contribution in [0.4, 0.5) is 0 Å². The van der Waals surface area contributed by atoms with Crippen molar-refractivity contribution in [1.82, 2.24) is 4.98 Å². The molecule has 76 valence electrons. The minimum absolute atomic E-state index is 0.231. The van der Waals surface area contributed by atoms with Crippen LogP contribution in [0.2, 0.25) is 5.02 Å². The first-order valence-electron chi connectivity index (χ1n) is 4.32. The molecule has 1 heterocycles. The van der Waals surface area contributed by atoms with E-state index in [0.717, 1.165) is 5.39 Å². The molecule has 0 amide bonds. The number of aromatic nitrogens is 1. The molecule has 2 aromatic rings. The van der Waals surface area contributed by atoms with Crippen LogP contribution in [0.25, 0.3) is 10.9 Å². The average Bonchev–Trinajstić information content (AvgIpc) is 2.22. The Balaban J connectivity index is 2.66. The Hall–Kier alpha value is -1.68. The van der Waals surface area contributed by atoms with Crippen LogP contribution in [0.1, 0.15) is 5.56 Å². The number of fused-ring (bicyclic) bond motifs is 1. The zero-order chi connectivity index (χ0) is 10.8. The van der Waals surface area contributed by atoms with Gasteiger partial charge in [-0.2, -0.15) is 0 Å². The Kier molecular flexibility index (Phi) is 2.51. The van der Waals surface area contributed by atoms with Crippen LogP contribution < -0.4 is 0 Å². The first-order chi connectivity index (χ1) is 7.18. The van der Waals surface area contributed by atoms with Gasteiger partial charge in [-0.25, -0.2) is 0 Å². The zero-order valence-corrected chi connectivity index (χ0v) is 8.44. The summed E-state index contributed by atoms with van der Waals surface area (Å²) < 4.78 is 0. The Morgan fingerprint density at radius 2 is 2.20 bits per heavy atom. The highest BCUT2D eigenvalue weighted by molar-refractivity contribution is 6.35. The topological polar surface area (TPSA) is 56.0 Å². The number of nitro groups is 1. The molecule has 0 spiro atoms. The van der Waals surface area contributed by atoms with Crippen molar-refractivity contribution in [3.63, 3.8) is 0 Å². The van der Waals surface area contributed by atoms with Crippen LogP contribution in [0.3, 0.4) is 0 Å². The molecule has 15 heavy (non-hydrogen) atoms. The van der Waals surface area contributed by atoms with Crippen LogP contribution in [-0.2, 0) is 6.54 Å². The highest BCUT2D eigenvalue weighted by Gasteiger charge is 2.09. The maximum Gasteiger partial charge on any atom is 0.231 e. The number of hydrogen-bond acceptors (Lipinski definition) is 3. The molecule has 2 rings (SSSR count). The predicted molar refractivity (Wildman–Crippen MR) is 57.5 cm³/mol. The standard InChI is InChI=1S/C10H7ClN2O2/c11-9-4-3-7(6-13(14)15)10-8(9)2-1-5-12-10/h1-5H,6H2. The first kappa shape index (κ1) is 9.86. The van der Waals surface area contributed by atoms with Gasteiger partial charge in [-0.1, -0.05) is 11.6 Å². The summed E-state index contributed by atoms with van der Waals surface area (Å²) in [6.07, 6.45) is 1.60. The third kappa shape index (κ3) is 1.89. The second kappa shape index (κ2) is 3.82. The number of halogens is 1. The molecule has 0 aliphatic heterocycles. The van der Waals surface area contributed by atoms with Gasteiger partial charge in [-0.3, -0.25) is 15.1 Å². The van der Waals surface area contributed by atoms with Crippen molar-refractivity contribution < 1.29 is 4.92 Å². The molecule has 0 fully saturated rings. The monoisotopic (exact) mass is 222 g/mol. The van der Waals surface area contributed by atoms with Gasteiger partial charge in [0, 0.05) is 27.1 Å². The highest BCUT2D eigenvalue weighted by atomic mass is 35.5. The van der Waals surface area contributed by atoms with Crippen molar-refractivity contribution in [2.24, 2.45) is 0 Å². The maximum absolute atomic E-state index is 10.4. The summed E-state index contributed by atoms with van der Waals surface area (Å²) in [4.78, 5) is 14.2. The van der Waals surface area contributed by atoms with Gasteiger partial charge >= 0.3 is 0 Å². The van der Waals surface area contributed by atoms with E-state index >= 15 is 0 Å². The number of pyridine rings is 1. The lowest BCUT2D eigenvalue weighted by Crippen LogP contribution is -1.99. The lowest BCUT2D eigenvalue weighted by molar-refractivity contribution is -0.496. The number of rotatable bonds is 2. The van der Waals surface area contributed by atoms with E-state index in [9.17, 15) is 10.1 Å². The average molecular weight is 223 g/mol. The molecule has 0 aliphatic rings. The van der Waals surface area contributed by atoms with E-state index in [1.165, 1.54) is 0 Å². The fraction of sp³-hybridized carbons (Fsp3) is 0.100. The van der Waals surface area contributed by atoms with Crippen LogP contribution in [0.5, 0.6) is 0 Å². The lowest BCUT2D eigenvalue weighted by Gasteiger charge is -2.03. The number of benzene rings is 1. The summed E-state index contributed by atoms with van der Waals surface area (Å²) in [5.41, 5.74) is 1.18. The van der Waals surface area contributed by atoms with Crippen molar-refractivity contribution in [2.45, 2.75) is 6.54 Å². The SMILES string of the molecule is O=[N+]([O-])Cc1ccc(Cl)c2cccnc12. The van der Waals surface area contributed by atoms with Crippen LogP contribution in [-0.4, -0.2) is 9.91 Å². The molecule has 0 radical (unpaired) electrons. The summed E-state index contributed by atoms with van der Waals surface area (Å²) >= 11 is 5.96. The molecule has 0 atom stereocenters. The van der Waals surface area contributed by atoms with Gasteiger partial charge in [0.15, 0.2) is 0 Å². The Bertz CT molecular complexity index is 528. The summed E-state index contributed by atoms with van der Waals surface area (Å²) in [6.45, 7) is -0.231. The van der Waals surface area contributed by atoms with Crippen molar-refractivity contribution >= 4 is 22.5 Å². The van der Waals surface area contributed by atoms with E-state index in [4.69, 9.17) is 11.6 Å². The quantitative estimate of drug-likeness (QED) is 0.580. The van der Waals surface area contributed by atoms with Gasteiger partial charge in [0.25, 0.3) is 0 Å². The lowest BCUT2D eigenvalue weighted by atomic mass is 10.1. The van der Waals surface area contributed by atoms with Crippen molar-refractivity contribution in [3.8, 4) is 0 Å². The second-order valence-corrected chi connectivity index (χ2v) is 3.50. The largest absolute Gasteiger partial charge is 0.264 e. The van der Waals surface area contributed by atoms with E-state index in [-0.39, 0.29) is 11.5 Å². The van der Waals surface area contributed by atoms with Gasteiger partial charge in [0.1, 0.15) is 0 Å². The number of hydrogen-bond donors (Lipinski definition) is 0. The van der Waals surface area contributed by atoms with E-state index in [1.807, 2.05) is 0 Å². The van der Waals surface area contributed by atoms with Crippen LogP contribution >= 0.6 is 11.6 Å². The van der Waals surface area contributed by atoms with Crippen molar-refractivity contribution in [2.75, 3.05) is 0 Å². The third-order valence-electron chi connectivity index (χ3n) is 2.10. The molecule has 1 aromatic heterocycles. The fourth-order valence-corrected chi connectivity index (χ4v) is 1.68. The molecule has 0 saturated carbocycles. The molecule has 5 heteroatoms.